The van der Waals surface area contributed by atoms with Crippen molar-refractivity contribution in [2.45, 2.75) is 4.90 Å². The summed E-state index contributed by atoms with van der Waals surface area (Å²) in [4.78, 5) is 10.5. The van der Waals surface area contributed by atoms with Gasteiger partial charge in [0.15, 0.2) is 9.84 Å². The summed E-state index contributed by atoms with van der Waals surface area (Å²) in [5, 5.41) is 5.38. The van der Waals surface area contributed by atoms with Crippen LogP contribution in [-0.2, 0) is 9.84 Å². The molecule has 60 valence electrons. The van der Waals surface area contributed by atoms with E-state index in [0.717, 1.165) is 12.3 Å². The fraction of sp³-hybridized carbons (Fsp3) is 0.200. The Kier molecular flexibility index (Phi) is 1.77. The number of hydrogen-bond donors (Lipinski definition) is 1. The molecule has 6 heteroatoms. The first-order chi connectivity index (χ1) is 5.02. The third-order valence-electron chi connectivity index (χ3n) is 1.09. The molecule has 0 radical (unpaired) electrons. The monoisotopic (exact) mass is 174 g/mol. The molecule has 0 bridgehead atoms. The van der Waals surface area contributed by atoms with Crippen molar-refractivity contribution in [2.24, 2.45) is 0 Å². The molecule has 0 aliphatic heterocycles. The van der Waals surface area contributed by atoms with Crippen molar-refractivity contribution in [3.8, 4) is 0 Å². The van der Waals surface area contributed by atoms with Gasteiger partial charge in [-0.1, -0.05) is 0 Å². The second-order valence-corrected chi connectivity index (χ2v) is 4.01. The summed E-state index contributed by atoms with van der Waals surface area (Å²) in [5.41, 5.74) is -0.685. The van der Waals surface area contributed by atoms with Crippen LogP contribution in [0.2, 0.25) is 0 Å². The Balaban J connectivity index is 3.50. The van der Waals surface area contributed by atoms with Crippen LogP contribution in [0.15, 0.2) is 22.0 Å². The van der Waals surface area contributed by atoms with Crippen LogP contribution in [0.5, 0.6) is 0 Å². The summed E-state index contributed by atoms with van der Waals surface area (Å²) >= 11 is 0. The van der Waals surface area contributed by atoms with E-state index in [4.69, 9.17) is 0 Å². The van der Waals surface area contributed by atoms with Crippen molar-refractivity contribution in [3.05, 3.63) is 22.6 Å². The molecule has 0 fully saturated rings. The second kappa shape index (κ2) is 2.46. The molecule has 1 N–H and O–H groups in total. The summed E-state index contributed by atoms with van der Waals surface area (Å²) in [6.45, 7) is 0. The van der Waals surface area contributed by atoms with Crippen LogP contribution in [0.1, 0.15) is 0 Å². The lowest BCUT2D eigenvalue weighted by molar-refractivity contribution is 0.600. The van der Waals surface area contributed by atoms with Gasteiger partial charge in [0.05, 0.1) is 0 Å². The summed E-state index contributed by atoms with van der Waals surface area (Å²) in [7, 11) is -3.42. The van der Waals surface area contributed by atoms with Crippen LogP contribution in [0.25, 0.3) is 0 Å². The maximum Gasteiger partial charge on any atom is 0.282 e. The van der Waals surface area contributed by atoms with Gasteiger partial charge in [-0.15, -0.1) is 0 Å². The van der Waals surface area contributed by atoms with Crippen molar-refractivity contribution >= 4 is 9.84 Å². The molecule has 0 unspecified atom stereocenters. The second-order valence-electron chi connectivity index (χ2n) is 2.02. The van der Waals surface area contributed by atoms with Gasteiger partial charge in [0, 0.05) is 12.5 Å². The molecule has 0 saturated carbocycles. The highest BCUT2D eigenvalue weighted by molar-refractivity contribution is 7.90. The SMILES string of the molecule is CS(=O)(=O)c1ccn[nH]c1=O. The Morgan fingerprint density at radius 3 is 2.55 bits per heavy atom. The molecule has 0 atom stereocenters. The highest BCUT2D eigenvalue weighted by atomic mass is 32.2. The standard InChI is InChI=1S/C5H6N2O3S/c1-11(9,10)4-2-3-6-7-5(4)8/h2-3H,1H3,(H,7,8). The molecule has 1 rings (SSSR count). The van der Waals surface area contributed by atoms with E-state index in [0.29, 0.717) is 0 Å². The normalized spacial score (nSPS) is 11.4. The third kappa shape index (κ3) is 1.64. The van der Waals surface area contributed by atoms with Gasteiger partial charge in [0.25, 0.3) is 5.56 Å². The zero-order chi connectivity index (χ0) is 8.48. The molecule has 1 heterocycles. The summed E-state index contributed by atoms with van der Waals surface area (Å²) in [5.74, 6) is 0. The molecule has 0 amide bonds. The van der Waals surface area contributed by atoms with Gasteiger partial charge in [-0.3, -0.25) is 4.79 Å². The lowest BCUT2D eigenvalue weighted by Crippen LogP contribution is -2.16. The lowest BCUT2D eigenvalue weighted by Gasteiger charge is -1.92. The quantitative estimate of drug-likeness (QED) is 0.602. The summed E-state index contributed by atoms with van der Waals surface area (Å²) in [6.07, 6.45) is 2.19. The van der Waals surface area contributed by atoms with Crippen LogP contribution >= 0.6 is 0 Å². The summed E-state index contributed by atoms with van der Waals surface area (Å²) in [6, 6.07) is 1.16. The molecule has 0 aromatic carbocycles. The Morgan fingerprint density at radius 2 is 2.18 bits per heavy atom. The molecule has 0 saturated heterocycles. The molecule has 11 heavy (non-hydrogen) atoms. The third-order valence-corrected chi connectivity index (χ3v) is 2.21. The average molecular weight is 174 g/mol. The molecular formula is C5H6N2O3S. The summed E-state index contributed by atoms with van der Waals surface area (Å²) < 4.78 is 21.6. The van der Waals surface area contributed by atoms with Crippen LogP contribution in [0, 0.1) is 0 Å². The van der Waals surface area contributed by atoms with Crippen molar-refractivity contribution in [2.75, 3.05) is 6.26 Å². The fourth-order valence-electron chi connectivity index (χ4n) is 0.624. The van der Waals surface area contributed by atoms with E-state index in [1.54, 1.807) is 0 Å². The Morgan fingerprint density at radius 1 is 1.55 bits per heavy atom. The zero-order valence-corrected chi connectivity index (χ0v) is 6.55. The highest BCUT2D eigenvalue weighted by Gasteiger charge is 2.10. The predicted molar refractivity (Wildman–Crippen MR) is 38.0 cm³/mol. The van der Waals surface area contributed by atoms with Gasteiger partial charge in [0.2, 0.25) is 0 Å². The van der Waals surface area contributed by atoms with Crippen molar-refractivity contribution in [1.29, 1.82) is 0 Å². The number of aromatic amines is 1. The Hall–Kier alpha value is -1.17. The topological polar surface area (TPSA) is 79.9 Å². The minimum absolute atomic E-state index is 0.257. The van der Waals surface area contributed by atoms with Crippen LogP contribution in [-0.4, -0.2) is 24.9 Å². The maximum atomic E-state index is 10.8. The van der Waals surface area contributed by atoms with Crippen LogP contribution in [0.4, 0.5) is 0 Å². The highest BCUT2D eigenvalue weighted by Crippen LogP contribution is 1.97. The predicted octanol–water partition coefficient (Wildman–Crippen LogP) is -0.827. The number of nitrogens with one attached hydrogen (secondary N) is 1. The number of H-pyrrole nitrogens is 1. The zero-order valence-electron chi connectivity index (χ0n) is 5.73. The van der Waals surface area contributed by atoms with Crippen molar-refractivity contribution in [3.63, 3.8) is 0 Å². The van der Waals surface area contributed by atoms with Crippen LogP contribution in [0.3, 0.4) is 0 Å². The number of nitrogens with zero attached hydrogens (tertiary/aromatic N) is 1. The van der Waals surface area contributed by atoms with E-state index < -0.39 is 15.4 Å². The molecule has 0 aliphatic carbocycles. The molecule has 0 spiro atoms. The number of hydrogen-bond acceptors (Lipinski definition) is 4. The van der Waals surface area contributed by atoms with Gasteiger partial charge < -0.3 is 0 Å². The molecular weight excluding hydrogens is 168 g/mol. The Bertz CT molecular complexity index is 406. The largest absolute Gasteiger partial charge is 0.282 e. The van der Waals surface area contributed by atoms with E-state index in [2.05, 4.69) is 5.10 Å². The first kappa shape index (κ1) is 7.93. The number of rotatable bonds is 1. The van der Waals surface area contributed by atoms with Gasteiger partial charge in [-0.05, 0) is 6.07 Å². The van der Waals surface area contributed by atoms with Crippen LogP contribution < -0.4 is 5.56 Å². The van der Waals surface area contributed by atoms with E-state index in [-0.39, 0.29) is 4.90 Å². The van der Waals surface area contributed by atoms with Gasteiger partial charge >= 0.3 is 0 Å². The van der Waals surface area contributed by atoms with Gasteiger partial charge in [-0.2, -0.15) is 5.10 Å². The number of aromatic nitrogens is 2. The first-order valence-corrected chi connectivity index (χ1v) is 4.65. The van der Waals surface area contributed by atoms with E-state index in [1.165, 1.54) is 6.20 Å². The lowest BCUT2D eigenvalue weighted by atomic mass is 10.6. The molecule has 1 aromatic heterocycles. The first-order valence-electron chi connectivity index (χ1n) is 2.75. The smallest absolute Gasteiger partial charge is 0.267 e. The fourth-order valence-corrected chi connectivity index (χ4v) is 1.31. The van der Waals surface area contributed by atoms with E-state index >= 15 is 0 Å². The molecule has 1 aromatic rings. The van der Waals surface area contributed by atoms with Crippen molar-refractivity contribution in [1.82, 2.24) is 10.2 Å². The molecule has 0 aliphatic rings. The molecule has 5 nitrogen and oxygen atoms in total. The van der Waals surface area contributed by atoms with E-state index in [9.17, 15) is 13.2 Å². The maximum absolute atomic E-state index is 10.8. The van der Waals surface area contributed by atoms with E-state index in [1.807, 2.05) is 5.10 Å². The minimum Gasteiger partial charge on any atom is -0.267 e. The minimum atomic E-state index is -3.42. The van der Waals surface area contributed by atoms with Gasteiger partial charge in [-0.25, -0.2) is 13.5 Å². The Labute approximate surface area is 63.0 Å². The van der Waals surface area contributed by atoms with Crippen molar-refractivity contribution < 1.29 is 8.42 Å². The average Bonchev–Trinajstić information content (AvgIpc) is 1.86. The number of sulfone groups is 1. The van der Waals surface area contributed by atoms with Gasteiger partial charge in [0.1, 0.15) is 4.90 Å².